The summed E-state index contributed by atoms with van der Waals surface area (Å²) in [5.41, 5.74) is 0. The number of cyclic esters (lactones) is 6. The van der Waals surface area contributed by atoms with Crippen LogP contribution in [0.5, 0.6) is 0 Å². The first-order valence-electron chi connectivity index (χ1n) is 26.9. The molecule has 1 fully saturated rings. The van der Waals surface area contributed by atoms with E-state index >= 15 is 0 Å². The van der Waals surface area contributed by atoms with Gasteiger partial charge >= 0.3 is 87.2 Å². The molecule has 0 saturated carbocycles. The summed E-state index contributed by atoms with van der Waals surface area (Å²) >= 11 is 0. The Labute approximate surface area is 509 Å². The summed E-state index contributed by atoms with van der Waals surface area (Å²) in [7, 11) is 0. The number of hydrogen-bond donors (Lipinski definition) is 6. The Hall–Kier alpha value is -4.72. The van der Waals surface area contributed by atoms with Gasteiger partial charge in [-0.1, -0.05) is 125 Å². The van der Waals surface area contributed by atoms with Gasteiger partial charge in [0.2, 0.25) is 5.91 Å². The molecule has 6 N–H and O–H groups in total. The Morgan fingerprint density at radius 2 is 0.443 bits per heavy atom. The Bertz CT molecular complexity index is 1900. The number of hydrogen-bond acceptors (Lipinski definition) is 18. The van der Waals surface area contributed by atoms with Crippen LogP contribution in [-0.4, -0.2) is 144 Å². The summed E-state index contributed by atoms with van der Waals surface area (Å²) in [4.78, 5) is 165. The van der Waals surface area contributed by atoms with Gasteiger partial charge in [0, 0.05) is 0 Å². The van der Waals surface area contributed by atoms with Crippen molar-refractivity contribution in [3.8, 4) is 0 Å². The van der Waals surface area contributed by atoms with Crippen LogP contribution in [0.3, 0.4) is 0 Å². The van der Waals surface area contributed by atoms with E-state index in [1.165, 1.54) is 20.8 Å². The number of carbonyl (C=O) groups is 12. The van der Waals surface area contributed by atoms with Crippen molar-refractivity contribution in [2.24, 2.45) is 53.3 Å². The minimum absolute atomic E-state index is 0. The summed E-state index contributed by atoms with van der Waals surface area (Å²) in [6.07, 6.45) is -9.34. The number of esters is 6. The third-order valence-corrected chi connectivity index (χ3v) is 12.6. The van der Waals surface area contributed by atoms with Crippen molar-refractivity contribution in [3.05, 3.63) is 0 Å². The van der Waals surface area contributed by atoms with Crippen molar-refractivity contribution < 1.29 is 139 Å². The van der Waals surface area contributed by atoms with Gasteiger partial charge in [-0.05, 0) is 74.0 Å². The zero-order chi connectivity index (χ0) is 60.5. The van der Waals surface area contributed by atoms with E-state index in [1.807, 2.05) is 0 Å². The smallest absolute Gasteiger partial charge is 1.00 e. The minimum atomic E-state index is -1.64. The monoisotopic (exact) mass is 1150 g/mol. The van der Waals surface area contributed by atoms with Gasteiger partial charge in [0.1, 0.15) is 36.3 Å². The summed E-state index contributed by atoms with van der Waals surface area (Å²) in [6, 6.07) is -8.29. The quantitative estimate of drug-likeness (QED) is 0.0959. The first-order valence-corrected chi connectivity index (χ1v) is 26.9. The molecule has 6 amide bonds. The predicted molar refractivity (Wildman–Crippen MR) is 283 cm³/mol. The van der Waals surface area contributed by atoms with Gasteiger partial charge in [0.05, 0.1) is 0 Å². The van der Waals surface area contributed by atoms with Crippen LogP contribution in [-0.2, 0) is 86.0 Å². The van der Waals surface area contributed by atoms with E-state index in [2.05, 4.69) is 31.9 Å². The molecule has 446 valence electrons. The first kappa shape index (κ1) is 74.3. The van der Waals surface area contributed by atoms with Crippen LogP contribution in [0, 0.1) is 53.3 Å². The summed E-state index contributed by atoms with van der Waals surface area (Å²) in [5, 5.41) is 15.2. The second-order valence-electron chi connectivity index (χ2n) is 22.9. The van der Waals surface area contributed by atoms with E-state index in [1.54, 1.807) is 125 Å². The van der Waals surface area contributed by atoms with Crippen molar-refractivity contribution in [1.82, 2.24) is 31.9 Å². The molecular formula is C54H91KN6O18. The van der Waals surface area contributed by atoms with Crippen molar-refractivity contribution in [3.63, 3.8) is 0 Å². The molecule has 0 aromatic carbocycles. The molecule has 79 heavy (non-hydrogen) atoms. The average molecular weight is 1150 g/mol. The second-order valence-corrected chi connectivity index (χ2v) is 22.9. The molecule has 24 nitrogen and oxygen atoms in total. The fraction of sp³-hybridized carbons (Fsp3) is 0.778. The number of ether oxygens (including phenoxy) is 6. The molecule has 0 spiro atoms. The number of amides is 6. The normalized spacial score (nSPS) is 28.5. The van der Waals surface area contributed by atoms with Crippen molar-refractivity contribution >= 4 is 71.3 Å². The topological polar surface area (TPSA) is 332 Å². The maximum Gasteiger partial charge on any atom is 1.00 e. The standard InChI is InChI=1S/C54H90N6O18.K.H/c1-22(2)34-45(63)58-35(23(3)4)50(68)73-31(19)43(61)56-38(26(9)10)53(71)77-41(29(15)16)47(65)59-36(24(5)6)51(69)74-32(20)44(62)57-39(27(11)12)54(72)78-42(30(17)18)48(66)60-37(25(7)8)52(70)75-33(21)49(67)76-40(28(13)14)46(64)55-34;;/h22-42H,1-21H3,(H,55,64)(H,56,61)(H,57,62)(H,58,63)(H,59,65)(H,60,66);;/q;+1;-1. The van der Waals surface area contributed by atoms with Gasteiger partial charge in [-0.2, -0.15) is 0 Å². The van der Waals surface area contributed by atoms with Crippen LogP contribution < -0.4 is 83.3 Å². The van der Waals surface area contributed by atoms with E-state index in [0.29, 0.717) is 0 Å². The molecule has 1 saturated heterocycles. The van der Waals surface area contributed by atoms with Crippen molar-refractivity contribution in [2.75, 3.05) is 0 Å². The van der Waals surface area contributed by atoms with Gasteiger partial charge in [-0.3, -0.25) is 28.8 Å². The fourth-order valence-electron chi connectivity index (χ4n) is 7.51. The van der Waals surface area contributed by atoms with Crippen LogP contribution in [0.15, 0.2) is 0 Å². The summed E-state index contributed by atoms with van der Waals surface area (Å²) < 4.78 is 33.3. The molecule has 0 bridgehead atoms. The maximum atomic E-state index is 13.9. The van der Waals surface area contributed by atoms with Gasteiger partial charge in [0.15, 0.2) is 36.6 Å². The molecular weight excluding hydrogens is 1060 g/mol. The molecule has 0 aliphatic carbocycles. The number of carbonyl (C=O) groups excluding carboxylic acids is 12. The largest absolute Gasteiger partial charge is 1.00 e. The second kappa shape index (κ2) is 33.9. The Morgan fingerprint density at radius 1 is 0.253 bits per heavy atom. The summed E-state index contributed by atoms with van der Waals surface area (Å²) in [5.74, 6) is -17.8. The first-order chi connectivity index (χ1) is 35.9. The van der Waals surface area contributed by atoms with E-state index in [9.17, 15) is 57.5 Å². The van der Waals surface area contributed by atoms with Gasteiger partial charge in [0.25, 0.3) is 29.5 Å². The molecule has 25 heteroatoms. The molecule has 1 aliphatic rings. The van der Waals surface area contributed by atoms with Crippen LogP contribution in [0.25, 0.3) is 0 Å². The van der Waals surface area contributed by atoms with Crippen LogP contribution in [0.4, 0.5) is 0 Å². The molecule has 12 unspecified atom stereocenters. The molecule has 0 aromatic rings. The fourth-order valence-corrected chi connectivity index (χ4v) is 7.51. The molecule has 0 radical (unpaired) electrons. The SMILES string of the molecule is CC1OC(=O)C(C(C)C)NC(=O)C(C(C)C)NC(=O)C(C(C)C)OC(=O)C(C)OC(=O)C(C(C)C)NC(=O)C(C(C)C)OC(=O)C(C(C)C)NC(=O)C(C)OC(=O)C(C(C)C)NC(=O)C(C(C)C)OC(=O)C(C(C)C)NC1=O.[H-].[K+]. The van der Waals surface area contributed by atoms with E-state index < -0.39 is 197 Å². The average Bonchev–Trinajstić information content (AvgIpc) is 3.31. The van der Waals surface area contributed by atoms with E-state index in [0.717, 1.165) is 0 Å². The maximum absolute atomic E-state index is 13.9. The molecule has 1 aliphatic heterocycles. The van der Waals surface area contributed by atoms with E-state index in [-0.39, 0.29) is 52.8 Å². The third kappa shape index (κ3) is 23.0. The van der Waals surface area contributed by atoms with Crippen LogP contribution >= 0.6 is 0 Å². The molecule has 0 aromatic heterocycles. The van der Waals surface area contributed by atoms with Gasteiger partial charge < -0.3 is 61.7 Å². The van der Waals surface area contributed by atoms with Crippen LogP contribution in [0.2, 0.25) is 0 Å². The van der Waals surface area contributed by atoms with Gasteiger partial charge in [-0.25, -0.2) is 28.8 Å². The predicted octanol–water partition coefficient (Wildman–Crippen LogP) is -0.540. The molecule has 1 rings (SSSR count). The molecule has 12 atom stereocenters. The minimum Gasteiger partial charge on any atom is -1.00 e. The Morgan fingerprint density at radius 3 is 0.684 bits per heavy atom. The zero-order valence-corrected chi connectivity index (χ0v) is 53.6. The van der Waals surface area contributed by atoms with Crippen molar-refractivity contribution in [2.45, 2.75) is 218 Å². The third-order valence-electron chi connectivity index (χ3n) is 12.6. The summed E-state index contributed by atoms with van der Waals surface area (Å²) in [6.45, 7) is 32.1. The molecule has 1 heterocycles. The Balaban J connectivity index is 0. The van der Waals surface area contributed by atoms with Crippen molar-refractivity contribution in [1.29, 1.82) is 0 Å². The van der Waals surface area contributed by atoms with Crippen LogP contribution in [0.1, 0.15) is 147 Å². The zero-order valence-electron chi connectivity index (χ0n) is 51.5. The van der Waals surface area contributed by atoms with Gasteiger partial charge in [-0.15, -0.1) is 0 Å². The number of nitrogens with one attached hydrogen (secondary N) is 6. The van der Waals surface area contributed by atoms with E-state index in [4.69, 9.17) is 28.4 Å². The number of rotatable bonds is 9. The Kier molecular flexibility index (Phi) is 31.9.